The average Bonchev–Trinajstić information content (AvgIpc) is 2.48. The van der Waals surface area contributed by atoms with Crippen molar-refractivity contribution in [1.82, 2.24) is 9.21 Å². The summed E-state index contributed by atoms with van der Waals surface area (Å²) in [6.45, 7) is 5.02. The van der Waals surface area contributed by atoms with Gasteiger partial charge in [-0.1, -0.05) is 11.1 Å². The van der Waals surface area contributed by atoms with Crippen molar-refractivity contribution in [2.75, 3.05) is 32.4 Å². The van der Waals surface area contributed by atoms with Gasteiger partial charge in [0.1, 0.15) is 0 Å². The molecule has 2 rings (SSSR count). The van der Waals surface area contributed by atoms with Gasteiger partial charge in [-0.15, -0.1) is 0 Å². The highest BCUT2D eigenvalue weighted by Gasteiger charge is 2.40. The summed E-state index contributed by atoms with van der Waals surface area (Å²) in [7, 11) is -3.25. The number of allylic oxidation sites excluding steroid dienone is 2. The van der Waals surface area contributed by atoms with E-state index in [9.17, 15) is 23.1 Å². The maximum atomic E-state index is 12.7. The molecule has 1 heterocycles. The molecule has 1 N–H and O–H groups in total. The molecule has 8 heteroatoms. The lowest BCUT2D eigenvalue weighted by Gasteiger charge is -2.38. The van der Waals surface area contributed by atoms with Crippen molar-refractivity contribution in [3.63, 3.8) is 0 Å². The van der Waals surface area contributed by atoms with Gasteiger partial charge in [-0.05, 0) is 26.7 Å². The normalized spacial score (nSPS) is 27.2. The predicted molar refractivity (Wildman–Crippen MR) is 85.2 cm³/mol. The number of sulfonamides is 1. The maximum absolute atomic E-state index is 12.7. The number of aliphatic carboxylic acids is 1. The Bertz CT molecular complexity index is 632. The highest BCUT2D eigenvalue weighted by atomic mass is 32.2. The third-order valence-corrected chi connectivity index (χ3v) is 6.22. The second-order valence-corrected chi connectivity index (χ2v) is 8.49. The molecule has 23 heavy (non-hydrogen) atoms. The first-order valence-electron chi connectivity index (χ1n) is 7.73. The minimum atomic E-state index is -3.25. The van der Waals surface area contributed by atoms with E-state index in [-0.39, 0.29) is 19.0 Å². The van der Waals surface area contributed by atoms with Crippen molar-refractivity contribution < 1.29 is 23.1 Å². The summed E-state index contributed by atoms with van der Waals surface area (Å²) in [4.78, 5) is 25.9. The fourth-order valence-corrected chi connectivity index (χ4v) is 4.11. The third kappa shape index (κ3) is 3.92. The zero-order valence-corrected chi connectivity index (χ0v) is 14.6. The number of amides is 1. The molecule has 0 unspecified atom stereocenters. The average molecular weight is 344 g/mol. The monoisotopic (exact) mass is 344 g/mol. The number of hydrogen-bond donors (Lipinski definition) is 1. The van der Waals surface area contributed by atoms with Gasteiger partial charge >= 0.3 is 5.97 Å². The molecule has 0 aromatic carbocycles. The molecule has 0 bridgehead atoms. The van der Waals surface area contributed by atoms with E-state index in [4.69, 9.17) is 0 Å². The number of nitrogens with zero attached hydrogens (tertiary/aromatic N) is 2. The van der Waals surface area contributed by atoms with E-state index in [0.29, 0.717) is 25.9 Å². The number of rotatable bonds is 3. The number of piperazine rings is 1. The van der Waals surface area contributed by atoms with E-state index >= 15 is 0 Å². The van der Waals surface area contributed by atoms with Gasteiger partial charge in [-0.3, -0.25) is 9.59 Å². The standard InChI is InChI=1S/C15H24N2O5S/c1-10-8-12(13(15(19)20)9-11(10)2)14(18)16-4-6-17(7-5-16)23(3,21)22/h12-13H,4-9H2,1-3H3,(H,19,20)/t12-,13+/m1/s1. The molecule has 1 amide bonds. The summed E-state index contributed by atoms with van der Waals surface area (Å²) in [5, 5.41) is 9.43. The molecule has 1 aliphatic carbocycles. The molecule has 0 spiro atoms. The summed E-state index contributed by atoms with van der Waals surface area (Å²) < 4.78 is 24.4. The van der Waals surface area contributed by atoms with Crippen LogP contribution in [0.2, 0.25) is 0 Å². The van der Waals surface area contributed by atoms with Gasteiger partial charge in [0.15, 0.2) is 0 Å². The molecule has 0 radical (unpaired) electrons. The van der Waals surface area contributed by atoms with E-state index in [0.717, 1.165) is 17.4 Å². The minimum absolute atomic E-state index is 0.169. The van der Waals surface area contributed by atoms with E-state index in [1.165, 1.54) is 4.31 Å². The highest BCUT2D eigenvalue weighted by Crippen LogP contribution is 2.35. The molecule has 7 nitrogen and oxygen atoms in total. The number of carbonyl (C=O) groups excluding carboxylic acids is 1. The van der Waals surface area contributed by atoms with Gasteiger partial charge in [0.25, 0.3) is 0 Å². The van der Waals surface area contributed by atoms with Crippen molar-refractivity contribution in [2.45, 2.75) is 26.7 Å². The number of hydrogen-bond acceptors (Lipinski definition) is 4. The van der Waals surface area contributed by atoms with Gasteiger partial charge < -0.3 is 10.0 Å². The Morgan fingerprint density at radius 1 is 1.00 bits per heavy atom. The number of carboxylic acid groups (broad SMARTS) is 1. The van der Waals surface area contributed by atoms with Crippen LogP contribution in [0.3, 0.4) is 0 Å². The van der Waals surface area contributed by atoms with E-state index in [2.05, 4.69) is 0 Å². The number of carbonyl (C=O) groups is 2. The molecular weight excluding hydrogens is 320 g/mol. The molecule has 1 aliphatic heterocycles. The second-order valence-electron chi connectivity index (χ2n) is 6.51. The smallest absolute Gasteiger partial charge is 0.307 e. The quantitative estimate of drug-likeness (QED) is 0.754. The van der Waals surface area contributed by atoms with Crippen LogP contribution in [0.5, 0.6) is 0 Å². The molecular formula is C15H24N2O5S. The SMILES string of the molecule is CC1=C(C)C[C@@H](C(=O)N2CCN(S(C)(=O)=O)CC2)[C@@H](C(=O)O)C1. The van der Waals surface area contributed by atoms with Crippen LogP contribution in [0.25, 0.3) is 0 Å². The lowest BCUT2D eigenvalue weighted by atomic mass is 9.76. The molecule has 0 aromatic heterocycles. The molecule has 2 atom stereocenters. The first-order chi connectivity index (χ1) is 10.6. The van der Waals surface area contributed by atoms with Gasteiger partial charge in [0.05, 0.1) is 18.1 Å². The zero-order valence-electron chi connectivity index (χ0n) is 13.8. The van der Waals surface area contributed by atoms with Crippen LogP contribution in [0.15, 0.2) is 11.1 Å². The van der Waals surface area contributed by atoms with Crippen LogP contribution in [0, 0.1) is 11.8 Å². The Balaban J connectivity index is 2.09. The van der Waals surface area contributed by atoms with Gasteiger partial charge in [-0.2, -0.15) is 4.31 Å². The third-order valence-electron chi connectivity index (χ3n) is 4.92. The zero-order chi connectivity index (χ0) is 17.4. The van der Waals surface area contributed by atoms with Gasteiger partial charge in [0.2, 0.25) is 15.9 Å². The summed E-state index contributed by atoms with van der Waals surface area (Å²) >= 11 is 0. The Labute approximate surface area is 137 Å². The van der Waals surface area contributed by atoms with E-state index in [1.807, 2.05) is 13.8 Å². The molecule has 2 aliphatic rings. The molecule has 1 fully saturated rings. The van der Waals surface area contributed by atoms with Gasteiger partial charge in [-0.25, -0.2) is 8.42 Å². The summed E-state index contributed by atoms with van der Waals surface area (Å²) in [6.07, 6.45) is 2.03. The minimum Gasteiger partial charge on any atom is -0.481 e. The van der Waals surface area contributed by atoms with Crippen molar-refractivity contribution in [2.24, 2.45) is 11.8 Å². The Kier molecular flexibility index (Phi) is 5.15. The summed E-state index contributed by atoms with van der Waals surface area (Å²) in [5.74, 6) is -2.36. The molecule has 1 saturated heterocycles. The predicted octanol–water partition coefficient (Wildman–Crippen LogP) is 0.537. The van der Waals surface area contributed by atoms with Crippen molar-refractivity contribution >= 4 is 21.9 Å². The summed E-state index contributed by atoms with van der Waals surface area (Å²) in [5.41, 5.74) is 2.12. The van der Waals surface area contributed by atoms with Crippen LogP contribution in [0.1, 0.15) is 26.7 Å². The lowest BCUT2D eigenvalue weighted by Crippen LogP contribution is -2.53. The molecule has 0 aromatic rings. The lowest BCUT2D eigenvalue weighted by molar-refractivity contribution is -0.151. The molecule has 0 saturated carbocycles. The topological polar surface area (TPSA) is 95.0 Å². The van der Waals surface area contributed by atoms with Crippen LogP contribution in [0.4, 0.5) is 0 Å². The Morgan fingerprint density at radius 2 is 1.48 bits per heavy atom. The van der Waals surface area contributed by atoms with Crippen LogP contribution in [-0.4, -0.2) is 67.0 Å². The fourth-order valence-electron chi connectivity index (χ4n) is 3.29. The highest BCUT2D eigenvalue weighted by molar-refractivity contribution is 7.88. The fraction of sp³-hybridized carbons (Fsp3) is 0.733. The maximum Gasteiger partial charge on any atom is 0.307 e. The van der Waals surface area contributed by atoms with Crippen LogP contribution in [-0.2, 0) is 19.6 Å². The Morgan fingerprint density at radius 3 is 1.91 bits per heavy atom. The van der Waals surface area contributed by atoms with E-state index < -0.39 is 27.8 Å². The van der Waals surface area contributed by atoms with Crippen molar-refractivity contribution in [3.05, 3.63) is 11.1 Å². The van der Waals surface area contributed by atoms with Crippen LogP contribution < -0.4 is 0 Å². The molecule has 130 valence electrons. The van der Waals surface area contributed by atoms with E-state index in [1.54, 1.807) is 4.90 Å². The summed E-state index contributed by atoms with van der Waals surface area (Å²) in [6, 6.07) is 0. The largest absolute Gasteiger partial charge is 0.481 e. The first-order valence-corrected chi connectivity index (χ1v) is 9.58. The van der Waals surface area contributed by atoms with Crippen molar-refractivity contribution in [3.8, 4) is 0 Å². The Hall–Kier alpha value is -1.41. The van der Waals surface area contributed by atoms with Crippen LogP contribution >= 0.6 is 0 Å². The van der Waals surface area contributed by atoms with Gasteiger partial charge in [0, 0.05) is 26.2 Å². The first kappa shape index (κ1) is 17.9. The second kappa shape index (κ2) is 6.60. The number of carboxylic acids is 1. The van der Waals surface area contributed by atoms with Crippen molar-refractivity contribution in [1.29, 1.82) is 0 Å².